The second kappa shape index (κ2) is 16.3. The molecule has 0 aromatic carbocycles. The fraction of sp³-hybridized carbons (Fsp3) is 0.632. The Morgan fingerprint density at radius 1 is 0.686 bits per heavy atom. The summed E-state index contributed by atoms with van der Waals surface area (Å²) in [6.07, 6.45) is -0.965. The lowest BCUT2D eigenvalue weighted by atomic mass is 10.1. The van der Waals surface area contributed by atoms with Gasteiger partial charge in [-0.25, -0.2) is 4.79 Å². The van der Waals surface area contributed by atoms with Crippen LogP contribution in [0.15, 0.2) is 0 Å². The van der Waals surface area contributed by atoms with Gasteiger partial charge in [-0.1, -0.05) is 0 Å². The quantitative estimate of drug-likeness (QED) is 0.0952. The maximum Gasteiger partial charge on any atom is 0.326 e. The van der Waals surface area contributed by atoms with Crippen molar-refractivity contribution >= 4 is 53.4 Å². The lowest BCUT2D eigenvalue weighted by Gasteiger charge is -2.24. The standard InChI is InChI=1S/C19H30N4O11S/c1-35-7-6-9(20)16(30)21-10(2-4-13(24)25)17(31)22-11(3-5-14(26)27)18(32)23-12(19(33)34)8-15(28)29/h9-12H,2-8,20H2,1H3,(H,21,30)(H,22,31)(H,23,32)(H,24,25)(H,26,27)(H,28,29)(H,33,34). The van der Waals surface area contributed by atoms with E-state index in [-0.39, 0.29) is 12.8 Å². The molecule has 4 unspecified atom stereocenters. The Morgan fingerprint density at radius 2 is 1.11 bits per heavy atom. The van der Waals surface area contributed by atoms with Crippen LogP contribution in [0.3, 0.4) is 0 Å². The van der Waals surface area contributed by atoms with Crippen molar-refractivity contribution in [3.63, 3.8) is 0 Å². The Kier molecular flexibility index (Phi) is 14.7. The van der Waals surface area contributed by atoms with Crippen LogP contribution in [0.25, 0.3) is 0 Å². The Balaban J connectivity index is 5.61. The molecular formula is C19H30N4O11S. The molecule has 0 aromatic heterocycles. The van der Waals surface area contributed by atoms with Crippen LogP contribution < -0.4 is 21.7 Å². The predicted octanol–water partition coefficient (Wildman–Crippen LogP) is -2.19. The van der Waals surface area contributed by atoms with Gasteiger partial charge in [-0.05, 0) is 31.3 Å². The minimum absolute atomic E-state index is 0.268. The van der Waals surface area contributed by atoms with Crippen molar-refractivity contribution in [3.8, 4) is 0 Å². The zero-order valence-electron chi connectivity index (χ0n) is 18.9. The molecule has 3 amide bonds. The first-order chi connectivity index (χ1) is 16.3. The van der Waals surface area contributed by atoms with Gasteiger partial charge in [-0.15, -0.1) is 0 Å². The number of nitrogens with two attached hydrogens (primary N) is 1. The maximum atomic E-state index is 12.8. The molecule has 0 fully saturated rings. The molecule has 0 aliphatic heterocycles. The monoisotopic (exact) mass is 522 g/mol. The number of carboxylic acid groups (broad SMARTS) is 4. The van der Waals surface area contributed by atoms with Gasteiger partial charge in [0, 0.05) is 12.8 Å². The van der Waals surface area contributed by atoms with E-state index in [4.69, 9.17) is 26.2 Å². The molecule has 4 atom stereocenters. The average Bonchev–Trinajstić information content (AvgIpc) is 2.75. The fourth-order valence-electron chi connectivity index (χ4n) is 2.65. The third kappa shape index (κ3) is 13.8. The van der Waals surface area contributed by atoms with E-state index < -0.39 is 91.4 Å². The molecule has 198 valence electrons. The molecule has 0 rings (SSSR count). The number of carbonyl (C=O) groups excluding carboxylic acids is 3. The van der Waals surface area contributed by atoms with Crippen molar-refractivity contribution in [2.24, 2.45) is 5.73 Å². The first-order valence-corrected chi connectivity index (χ1v) is 11.7. The Hall–Kier alpha value is -3.40. The van der Waals surface area contributed by atoms with Crippen molar-refractivity contribution in [1.29, 1.82) is 0 Å². The first-order valence-electron chi connectivity index (χ1n) is 10.3. The molecule has 35 heavy (non-hydrogen) atoms. The van der Waals surface area contributed by atoms with Gasteiger partial charge < -0.3 is 42.1 Å². The molecule has 0 aromatic rings. The molecule has 0 spiro atoms. The first kappa shape index (κ1) is 31.6. The SMILES string of the molecule is CSCCC(N)C(=O)NC(CCC(=O)O)C(=O)NC(CCC(=O)O)C(=O)NC(CC(=O)O)C(=O)O. The number of nitrogens with one attached hydrogen (secondary N) is 3. The topological polar surface area (TPSA) is 263 Å². The van der Waals surface area contributed by atoms with Crippen molar-refractivity contribution in [2.75, 3.05) is 12.0 Å². The van der Waals surface area contributed by atoms with Gasteiger partial charge in [0.1, 0.15) is 18.1 Å². The van der Waals surface area contributed by atoms with E-state index in [1.807, 2.05) is 5.32 Å². The van der Waals surface area contributed by atoms with Crippen LogP contribution in [0.2, 0.25) is 0 Å². The van der Waals surface area contributed by atoms with Gasteiger partial charge in [0.2, 0.25) is 17.7 Å². The summed E-state index contributed by atoms with van der Waals surface area (Å²) in [5.74, 6) is -8.23. The Labute approximate surface area is 204 Å². The zero-order chi connectivity index (χ0) is 27.1. The lowest BCUT2D eigenvalue weighted by molar-refractivity contribution is -0.147. The second-order valence-electron chi connectivity index (χ2n) is 7.37. The van der Waals surface area contributed by atoms with Crippen LogP contribution >= 0.6 is 11.8 Å². The molecule has 0 aliphatic rings. The normalized spacial score (nSPS) is 14.0. The van der Waals surface area contributed by atoms with Gasteiger partial charge in [0.05, 0.1) is 12.5 Å². The Morgan fingerprint density at radius 3 is 1.49 bits per heavy atom. The highest BCUT2D eigenvalue weighted by molar-refractivity contribution is 7.98. The van der Waals surface area contributed by atoms with Crippen LogP contribution in [-0.2, 0) is 33.6 Å². The summed E-state index contributed by atoms with van der Waals surface area (Å²) in [6.45, 7) is 0. The van der Waals surface area contributed by atoms with Gasteiger partial charge in [0.25, 0.3) is 0 Å². The van der Waals surface area contributed by atoms with Crippen LogP contribution in [0.5, 0.6) is 0 Å². The molecule has 0 saturated heterocycles. The minimum atomic E-state index is -1.86. The van der Waals surface area contributed by atoms with E-state index in [2.05, 4.69) is 10.6 Å². The number of thioether (sulfide) groups is 1. The molecule has 16 heteroatoms. The molecule has 9 N–H and O–H groups in total. The van der Waals surface area contributed by atoms with Crippen molar-refractivity contribution in [1.82, 2.24) is 16.0 Å². The molecule has 0 heterocycles. The lowest BCUT2D eigenvalue weighted by Crippen LogP contribution is -2.57. The van der Waals surface area contributed by atoms with Crippen molar-refractivity contribution < 1.29 is 54.0 Å². The van der Waals surface area contributed by atoms with E-state index >= 15 is 0 Å². The third-order valence-corrected chi connectivity index (χ3v) is 5.17. The molecule has 0 radical (unpaired) electrons. The van der Waals surface area contributed by atoms with E-state index in [1.54, 1.807) is 6.26 Å². The highest BCUT2D eigenvalue weighted by Gasteiger charge is 2.31. The Bertz CT molecular complexity index is 808. The van der Waals surface area contributed by atoms with Crippen molar-refractivity contribution in [3.05, 3.63) is 0 Å². The van der Waals surface area contributed by atoms with Crippen LogP contribution in [0.4, 0.5) is 0 Å². The fourth-order valence-corrected chi connectivity index (χ4v) is 3.14. The summed E-state index contributed by atoms with van der Waals surface area (Å²) in [6, 6.07) is -5.93. The molecule has 0 saturated carbocycles. The second-order valence-corrected chi connectivity index (χ2v) is 8.36. The molecule has 0 aliphatic carbocycles. The third-order valence-electron chi connectivity index (χ3n) is 4.52. The molecule has 0 bridgehead atoms. The van der Waals surface area contributed by atoms with Gasteiger partial charge in [0.15, 0.2) is 0 Å². The van der Waals surface area contributed by atoms with Crippen LogP contribution in [0.1, 0.15) is 38.5 Å². The van der Waals surface area contributed by atoms with Crippen LogP contribution in [0, 0.1) is 0 Å². The molecular weight excluding hydrogens is 492 g/mol. The van der Waals surface area contributed by atoms with Gasteiger partial charge in [-0.3, -0.25) is 28.8 Å². The number of hydrogen-bond donors (Lipinski definition) is 8. The molecule has 15 nitrogen and oxygen atoms in total. The smallest absolute Gasteiger partial charge is 0.326 e. The van der Waals surface area contributed by atoms with E-state index in [0.717, 1.165) is 0 Å². The zero-order valence-corrected chi connectivity index (χ0v) is 19.7. The van der Waals surface area contributed by atoms with Gasteiger partial charge >= 0.3 is 23.9 Å². The number of aliphatic carboxylic acids is 4. The summed E-state index contributed by atoms with van der Waals surface area (Å²) >= 11 is 1.43. The van der Waals surface area contributed by atoms with E-state index in [0.29, 0.717) is 5.75 Å². The summed E-state index contributed by atoms with van der Waals surface area (Å²) < 4.78 is 0. The van der Waals surface area contributed by atoms with Crippen LogP contribution in [-0.4, -0.2) is 98.2 Å². The summed E-state index contributed by atoms with van der Waals surface area (Å²) in [5, 5.41) is 42.2. The number of amides is 3. The predicted molar refractivity (Wildman–Crippen MR) is 120 cm³/mol. The highest BCUT2D eigenvalue weighted by Crippen LogP contribution is 2.06. The largest absolute Gasteiger partial charge is 0.481 e. The summed E-state index contributed by atoms with van der Waals surface area (Å²) in [5.41, 5.74) is 5.75. The van der Waals surface area contributed by atoms with Gasteiger partial charge in [-0.2, -0.15) is 11.8 Å². The minimum Gasteiger partial charge on any atom is -0.481 e. The summed E-state index contributed by atoms with van der Waals surface area (Å²) in [4.78, 5) is 81.6. The average molecular weight is 523 g/mol. The van der Waals surface area contributed by atoms with Crippen molar-refractivity contribution in [2.45, 2.75) is 62.7 Å². The maximum absolute atomic E-state index is 12.8. The van der Waals surface area contributed by atoms with E-state index in [9.17, 15) is 33.6 Å². The number of rotatable bonds is 18. The van der Waals surface area contributed by atoms with E-state index in [1.165, 1.54) is 11.8 Å². The number of hydrogen-bond acceptors (Lipinski definition) is 9. The number of carbonyl (C=O) groups is 7. The highest BCUT2D eigenvalue weighted by atomic mass is 32.2. The summed E-state index contributed by atoms with van der Waals surface area (Å²) in [7, 11) is 0. The number of carboxylic acids is 4.